The van der Waals surface area contributed by atoms with Crippen LogP contribution in [0.5, 0.6) is 11.5 Å². The molecule has 0 aromatic heterocycles. The molecule has 0 radical (unpaired) electrons. The van der Waals surface area contributed by atoms with Crippen molar-refractivity contribution < 1.29 is 23.8 Å². The molecule has 0 aliphatic rings. The van der Waals surface area contributed by atoms with Crippen molar-refractivity contribution in [3.05, 3.63) is 92.9 Å². The van der Waals surface area contributed by atoms with E-state index in [0.717, 1.165) is 11.1 Å². The summed E-state index contributed by atoms with van der Waals surface area (Å²) < 4.78 is 17.6. The third-order valence-electron chi connectivity index (χ3n) is 4.82. The monoisotopic (exact) mass is 571 g/mol. The molecule has 0 bridgehead atoms. The third kappa shape index (κ3) is 7.86. The van der Waals surface area contributed by atoms with Gasteiger partial charge in [-0.1, -0.05) is 29.8 Å². The fraction of sp³-hybridized carbons (Fsp3) is 0.214. The Kier molecular flexibility index (Phi) is 9.96. The van der Waals surface area contributed by atoms with Crippen LogP contribution in [0.4, 0.5) is 5.69 Å². The Morgan fingerprint density at radius 3 is 2.44 bits per heavy atom. The molecule has 3 aromatic rings. The molecule has 0 saturated heterocycles. The van der Waals surface area contributed by atoms with Crippen molar-refractivity contribution in [2.24, 2.45) is 0 Å². The average molecular weight is 573 g/mol. The zero-order valence-corrected chi connectivity index (χ0v) is 22.6. The van der Waals surface area contributed by atoms with E-state index in [9.17, 15) is 9.59 Å². The Morgan fingerprint density at radius 2 is 1.78 bits per heavy atom. The highest BCUT2D eigenvalue weighted by atomic mass is 79.9. The van der Waals surface area contributed by atoms with Crippen LogP contribution in [-0.4, -0.2) is 24.6 Å². The lowest BCUT2D eigenvalue weighted by atomic mass is 10.1. The number of amides is 1. The zero-order chi connectivity index (χ0) is 26.1. The minimum absolute atomic E-state index is 0.201. The van der Waals surface area contributed by atoms with Gasteiger partial charge >= 0.3 is 5.97 Å². The standard InChI is InChI=1S/C28H27BrClNO5/c1-4-34-25-16-19(15-23(29)27(25)35-17-21-7-5-6-8-24(21)30)9-14-26(32)31-22-12-10-20(11-13-22)28(33)36-18(2)3/h5-16,18H,4,17H2,1-3H3,(H,31,32)/b14-9+. The number of ether oxygens (including phenoxy) is 3. The summed E-state index contributed by atoms with van der Waals surface area (Å²) in [6.45, 7) is 6.19. The molecule has 6 nitrogen and oxygen atoms in total. The van der Waals surface area contributed by atoms with Gasteiger partial charge in [0.1, 0.15) is 6.61 Å². The lowest BCUT2D eigenvalue weighted by Gasteiger charge is -2.15. The van der Waals surface area contributed by atoms with Crippen LogP contribution in [0.25, 0.3) is 6.08 Å². The van der Waals surface area contributed by atoms with Crippen molar-refractivity contribution in [2.75, 3.05) is 11.9 Å². The van der Waals surface area contributed by atoms with E-state index in [1.165, 1.54) is 6.08 Å². The second-order valence-corrected chi connectivity index (χ2v) is 9.26. The van der Waals surface area contributed by atoms with Crippen molar-refractivity contribution in [1.29, 1.82) is 0 Å². The molecule has 8 heteroatoms. The molecular formula is C28H27BrClNO5. The zero-order valence-electron chi connectivity index (χ0n) is 20.2. The molecule has 0 atom stereocenters. The molecule has 188 valence electrons. The molecule has 0 aliphatic heterocycles. The van der Waals surface area contributed by atoms with Gasteiger partial charge in [-0.25, -0.2) is 4.79 Å². The first-order chi connectivity index (χ1) is 17.3. The van der Waals surface area contributed by atoms with Gasteiger partial charge in [-0.15, -0.1) is 0 Å². The maximum Gasteiger partial charge on any atom is 0.338 e. The summed E-state index contributed by atoms with van der Waals surface area (Å²) in [4.78, 5) is 24.4. The highest BCUT2D eigenvalue weighted by molar-refractivity contribution is 9.10. The Bertz CT molecular complexity index is 1240. The number of hydrogen-bond donors (Lipinski definition) is 1. The number of hydrogen-bond acceptors (Lipinski definition) is 5. The van der Waals surface area contributed by atoms with E-state index in [4.69, 9.17) is 25.8 Å². The molecular weight excluding hydrogens is 546 g/mol. The molecule has 0 heterocycles. The van der Waals surface area contributed by atoms with Crippen LogP contribution in [0, 0.1) is 0 Å². The van der Waals surface area contributed by atoms with E-state index >= 15 is 0 Å². The number of benzene rings is 3. The van der Waals surface area contributed by atoms with Crippen molar-refractivity contribution in [1.82, 2.24) is 0 Å². The van der Waals surface area contributed by atoms with Crippen molar-refractivity contribution in [2.45, 2.75) is 33.5 Å². The first-order valence-corrected chi connectivity index (χ1v) is 12.6. The van der Waals surface area contributed by atoms with Gasteiger partial charge in [0.15, 0.2) is 11.5 Å². The first kappa shape index (κ1) is 27.3. The molecule has 0 fully saturated rings. The molecule has 3 aromatic carbocycles. The number of halogens is 2. The minimum atomic E-state index is -0.405. The number of carbonyl (C=O) groups is 2. The van der Waals surface area contributed by atoms with Crippen LogP contribution in [0.3, 0.4) is 0 Å². The van der Waals surface area contributed by atoms with E-state index in [-0.39, 0.29) is 18.6 Å². The van der Waals surface area contributed by atoms with Crippen LogP contribution in [0.2, 0.25) is 5.02 Å². The van der Waals surface area contributed by atoms with E-state index < -0.39 is 5.97 Å². The summed E-state index contributed by atoms with van der Waals surface area (Å²) >= 11 is 9.78. The van der Waals surface area contributed by atoms with Crippen molar-refractivity contribution >= 4 is 51.2 Å². The predicted octanol–water partition coefficient (Wildman–Crippen LogP) is 7.30. The molecule has 0 spiro atoms. The normalized spacial score (nSPS) is 10.9. The fourth-order valence-electron chi connectivity index (χ4n) is 3.18. The molecule has 1 amide bonds. The Hall–Kier alpha value is -3.29. The fourth-order valence-corrected chi connectivity index (χ4v) is 3.94. The van der Waals surface area contributed by atoms with Crippen LogP contribution >= 0.6 is 27.5 Å². The van der Waals surface area contributed by atoms with E-state index in [0.29, 0.717) is 38.9 Å². The van der Waals surface area contributed by atoms with Crippen molar-refractivity contribution in [3.8, 4) is 11.5 Å². The van der Waals surface area contributed by atoms with Gasteiger partial charge < -0.3 is 19.5 Å². The minimum Gasteiger partial charge on any atom is -0.490 e. The van der Waals surface area contributed by atoms with Crippen LogP contribution in [0.15, 0.2) is 71.2 Å². The van der Waals surface area contributed by atoms with Gasteiger partial charge in [-0.3, -0.25) is 4.79 Å². The molecule has 0 aliphatic carbocycles. The number of rotatable bonds is 10. The lowest BCUT2D eigenvalue weighted by Crippen LogP contribution is -2.12. The quantitative estimate of drug-likeness (QED) is 0.204. The maximum atomic E-state index is 12.4. The van der Waals surface area contributed by atoms with E-state index in [1.54, 1.807) is 50.3 Å². The van der Waals surface area contributed by atoms with E-state index in [2.05, 4.69) is 21.2 Å². The molecule has 0 unspecified atom stereocenters. The lowest BCUT2D eigenvalue weighted by molar-refractivity contribution is -0.111. The number of carbonyl (C=O) groups excluding carboxylic acids is 2. The smallest absolute Gasteiger partial charge is 0.338 e. The number of anilines is 1. The number of nitrogens with one attached hydrogen (secondary N) is 1. The van der Waals surface area contributed by atoms with Gasteiger partial charge in [-0.05, 0) is 90.8 Å². The van der Waals surface area contributed by atoms with Gasteiger partial charge in [0, 0.05) is 22.3 Å². The SMILES string of the molecule is CCOc1cc(/C=C/C(=O)Nc2ccc(C(=O)OC(C)C)cc2)cc(Br)c1OCc1ccccc1Cl. The van der Waals surface area contributed by atoms with Crippen LogP contribution in [0.1, 0.15) is 42.3 Å². The Labute approximate surface area is 224 Å². The van der Waals surface area contributed by atoms with Gasteiger partial charge in [0.25, 0.3) is 0 Å². The average Bonchev–Trinajstić information content (AvgIpc) is 2.83. The topological polar surface area (TPSA) is 73.9 Å². The van der Waals surface area contributed by atoms with Gasteiger partial charge in [-0.2, -0.15) is 0 Å². The van der Waals surface area contributed by atoms with Gasteiger partial charge in [0.05, 0.1) is 22.7 Å². The number of esters is 1. The predicted molar refractivity (Wildman–Crippen MR) is 146 cm³/mol. The summed E-state index contributed by atoms with van der Waals surface area (Å²) in [5.74, 6) is 0.371. The highest BCUT2D eigenvalue weighted by Gasteiger charge is 2.13. The third-order valence-corrected chi connectivity index (χ3v) is 5.78. The second-order valence-electron chi connectivity index (χ2n) is 8.00. The van der Waals surface area contributed by atoms with Crippen LogP contribution < -0.4 is 14.8 Å². The Morgan fingerprint density at radius 1 is 1.06 bits per heavy atom. The molecule has 1 N–H and O–H groups in total. The summed E-state index contributed by atoms with van der Waals surface area (Å²) in [5, 5.41) is 3.40. The molecule has 0 saturated carbocycles. The summed E-state index contributed by atoms with van der Waals surface area (Å²) in [6.07, 6.45) is 2.89. The van der Waals surface area contributed by atoms with E-state index in [1.807, 2.05) is 37.3 Å². The van der Waals surface area contributed by atoms with Crippen LogP contribution in [-0.2, 0) is 16.1 Å². The summed E-state index contributed by atoms with van der Waals surface area (Å²) in [7, 11) is 0. The Balaban J connectivity index is 1.67. The largest absolute Gasteiger partial charge is 0.490 e. The first-order valence-electron chi connectivity index (χ1n) is 11.4. The second kappa shape index (κ2) is 13.1. The summed E-state index contributed by atoms with van der Waals surface area (Å²) in [6, 6.07) is 17.6. The maximum absolute atomic E-state index is 12.4. The van der Waals surface area contributed by atoms with Crippen molar-refractivity contribution in [3.63, 3.8) is 0 Å². The highest BCUT2D eigenvalue weighted by Crippen LogP contribution is 2.38. The molecule has 36 heavy (non-hydrogen) atoms. The van der Waals surface area contributed by atoms with Gasteiger partial charge in [0.2, 0.25) is 5.91 Å². The summed E-state index contributed by atoms with van der Waals surface area (Å²) in [5.41, 5.74) is 2.59. The molecule has 3 rings (SSSR count).